The Labute approximate surface area is 96.0 Å². The zero-order valence-corrected chi connectivity index (χ0v) is 9.93. The molecule has 0 aromatic heterocycles. The molecule has 0 aromatic rings. The van der Waals surface area contributed by atoms with Crippen LogP contribution < -0.4 is 0 Å². The number of carbonyl (C=O) groups excluding carboxylic acids is 2. The van der Waals surface area contributed by atoms with Gasteiger partial charge in [-0.2, -0.15) is 0 Å². The number of rotatable bonds is 4. The van der Waals surface area contributed by atoms with Crippen molar-refractivity contribution in [1.82, 2.24) is 9.80 Å². The normalized spacial score (nSPS) is 18.8. The number of aliphatic hydroxyl groups is 1. The van der Waals surface area contributed by atoms with Crippen LogP contribution in [0.4, 0.5) is 0 Å². The minimum absolute atomic E-state index is 0.00282. The minimum atomic E-state index is -0.317. The monoisotopic (exact) mass is 228 g/mol. The molecule has 1 unspecified atom stereocenters. The fourth-order valence-corrected chi connectivity index (χ4v) is 1.86. The third kappa shape index (κ3) is 2.95. The molecular weight excluding hydrogens is 208 g/mol. The molecule has 0 aliphatic carbocycles. The molecule has 0 radical (unpaired) electrons. The molecule has 5 nitrogen and oxygen atoms in total. The maximum absolute atomic E-state index is 12.0. The van der Waals surface area contributed by atoms with Crippen LogP contribution in [0.3, 0.4) is 0 Å². The number of hydrogen-bond donors (Lipinski definition) is 1. The van der Waals surface area contributed by atoms with Crippen LogP contribution in [0.25, 0.3) is 0 Å². The van der Waals surface area contributed by atoms with Gasteiger partial charge in [-0.15, -0.1) is 0 Å². The van der Waals surface area contributed by atoms with Crippen LogP contribution >= 0.6 is 0 Å². The van der Waals surface area contributed by atoms with E-state index in [1.54, 1.807) is 9.80 Å². The minimum Gasteiger partial charge on any atom is -0.396 e. The van der Waals surface area contributed by atoms with Crippen molar-refractivity contribution in [3.05, 3.63) is 0 Å². The van der Waals surface area contributed by atoms with E-state index in [4.69, 9.17) is 0 Å². The second-order valence-electron chi connectivity index (χ2n) is 4.50. The van der Waals surface area contributed by atoms with E-state index in [1.165, 1.54) is 0 Å². The Kier molecular flexibility index (Phi) is 4.73. The summed E-state index contributed by atoms with van der Waals surface area (Å²) in [4.78, 5) is 25.9. The number of aliphatic hydroxyl groups excluding tert-OH is 1. The summed E-state index contributed by atoms with van der Waals surface area (Å²) in [5.41, 5.74) is 0. The topological polar surface area (TPSA) is 60.9 Å². The first-order valence-corrected chi connectivity index (χ1v) is 5.69. The van der Waals surface area contributed by atoms with Crippen LogP contribution in [0.5, 0.6) is 0 Å². The lowest BCUT2D eigenvalue weighted by molar-refractivity contribution is -0.141. The molecule has 16 heavy (non-hydrogen) atoms. The van der Waals surface area contributed by atoms with Crippen molar-refractivity contribution in [1.29, 1.82) is 0 Å². The van der Waals surface area contributed by atoms with Gasteiger partial charge in [0, 0.05) is 26.2 Å². The zero-order chi connectivity index (χ0) is 12.1. The maximum Gasteiger partial charge on any atom is 0.228 e. The molecule has 5 heteroatoms. The third-order valence-electron chi connectivity index (χ3n) is 3.09. The Morgan fingerprint density at radius 1 is 1.31 bits per heavy atom. The molecule has 1 aliphatic rings. The first-order chi connectivity index (χ1) is 7.60. The summed E-state index contributed by atoms with van der Waals surface area (Å²) in [7, 11) is 0. The molecule has 1 heterocycles. The summed E-state index contributed by atoms with van der Waals surface area (Å²) in [6.07, 6.45) is 0.813. The molecular formula is C11H20N2O3. The largest absolute Gasteiger partial charge is 0.396 e. The van der Waals surface area contributed by atoms with Crippen molar-refractivity contribution in [3.63, 3.8) is 0 Å². The smallest absolute Gasteiger partial charge is 0.228 e. The molecule has 92 valence electrons. The first kappa shape index (κ1) is 13.0. The average Bonchev–Trinajstić information content (AvgIpc) is 2.29. The molecule has 1 saturated heterocycles. The molecule has 1 atom stereocenters. The van der Waals surface area contributed by atoms with Gasteiger partial charge in [0.15, 0.2) is 0 Å². The fraction of sp³-hybridized carbons (Fsp3) is 0.818. The quantitative estimate of drug-likeness (QED) is 0.663. The van der Waals surface area contributed by atoms with E-state index in [9.17, 15) is 14.7 Å². The van der Waals surface area contributed by atoms with Crippen LogP contribution in [0.2, 0.25) is 0 Å². The predicted octanol–water partition coefficient (Wildman–Crippen LogP) is -0.448. The molecule has 0 saturated carbocycles. The lowest BCUT2D eigenvalue weighted by atomic mass is 9.95. The Balaban J connectivity index is 2.52. The van der Waals surface area contributed by atoms with Gasteiger partial charge in [-0.05, 0) is 5.92 Å². The van der Waals surface area contributed by atoms with Crippen molar-refractivity contribution < 1.29 is 14.7 Å². The highest BCUT2D eigenvalue weighted by atomic mass is 16.3. The predicted molar refractivity (Wildman–Crippen MR) is 59.6 cm³/mol. The second-order valence-corrected chi connectivity index (χ2v) is 4.50. The second kappa shape index (κ2) is 5.84. The summed E-state index contributed by atoms with van der Waals surface area (Å²) in [5.74, 6) is -0.174. The average molecular weight is 228 g/mol. The van der Waals surface area contributed by atoms with Gasteiger partial charge in [0.05, 0.1) is 12.5 Å². The van der Waals surface area contributed by atoms with E-state index in [0.717, 1.165) is 6.41 Å². The number of piperazine rings is 1. The summed E-state index contributed by atoms with van der Waals surface area (Å²) >= 11 is 0. The number of nitrogens with zero attached hydrogens (tertiary/aromatic N) is 2. The molecule has 0 bridgehead atoms. The first-order valence-electron chi connectivity index (χ1n) is 5.69. The SMILES string of the molecule is CC(C)C(CO)C(=O)N1CCN(C=O)CC1. The van der Waals surface area contributed by atoms with Gasteiger partial charge in [0.2, 0.25) is 12.3 Å². The Morgan fingerprint density at radius 2 is 1.88 bits per heavy atom. The van der Waals surface area contributed by atoms with Gasteiger partial charge in [-0.1, -0.05) is 13.8 Å². The zero-order valence-electron chi connectivity index (χ0n) is 9.93. The molecule has 0 aromatic carbocycles. The summed E-state index contributed by atoms with van der Waals surface area (Å²) in [5, 5.41) is 9.18. The number of hydrogen-bond acceptors (Lipinski definition) is 3. The number of carbonyl (C=O) groups is 2. The third-order valence-corrected chi connectivity index (χ3v) is 3.09. The van der Waals surface area contributed by atoms with Crippen LogP contribution in [-0.2, 0) is 9.59 Å². The van der Waals surface area contributed by atoms with Crippen LogP contribution in [0.15, 0.2) is 0 Å². The Hall–Kier alpha value is -1.10. The van der Waals surface area contributed by atoms with Gasteiger partial charge in [0.25, 0.3) is 0 Å². The lowest BCUT2D eigenvalue weighted by Gasteiger charge is -2.35. The molecule has 1 fully saturated rings. The van der Waals surface area contributed by atoms with Crippen molar-refractivity contribution >= 4 is 12.3 Å². The molecule has 1 N–H and O–H groups in total. The van der Waals surface area contributed by atoms with Crippen molar-refractivity contribution in [2.24, 2.45) is 11.8 Å². The molecule has 0 spiro atoms. The van der Waals surface area contributed by atoms with E-state index in [2.05, 4.69) is 0 Å². The highest BCUT2D eigenvalue weighted by Gasteiger charge is 2.28. The van der Waals surface area contributed by atoms with Crippen LogP contribution in [0.1, 0.15) is 13.8 Å². The van der Waals surface area contributed by atoms with E-state index in [0.29, 0.717) is 26.2 Å². The molecule has 2 amide bonds. The highest BCUT2D eigenvalue weighted by Crippen LogP contribution is 2.14. The van der Waals surface area contributed by atoms with Gasteiger partial charge in [-0.3, -0.25) is 9.59 Å². The Bertz CT molecular complexity index is 248. The highest BCUT2D eigenvalue weighted by molar-refractivity contribution is 5.79. The maximum atomic E-state index is 12.0. The van der Waals surface area contributed by atoms with Gasteiger partial charge < -0.3 is 14.9 Å². The van der Waals surface area contributed by atoms with Gasteiger partial charge in [-0.25, -0.2) is 0 Å². The Morgan fingerprint density at radius 3 is 2.25 bits per heavy atom. The summed E-state index contributed by atoms with van der Waals surface area (Å²) < 4.78 is 0. The lowest BCUT2D eigenvalue weighted by Crippen LogP contribution is -2.51. The van der Waals surface area contributed by atoms with E-state index < -0.39 is 0 Å². The standard InChI is InChI=1S/C11H20N2O3/c1-9(2)10(7-14)11(16)13-5-3-12(8-15)4-6-13/h8-10,14H,3-7H2,1-2H3. The molecule has 1 rings (SSSR count). The van der Waals surface area contributed by atoms with Crippen LogP contribution in [-0.4, -0.2) is 60.0 Å². The van der Waals surface area contributed by atoms with Gasteiger partial charge in [0.1, 0.15) is 0 Å². The summed E-state index contributed by atoms with van der Waals surface area (Å²) in [6.45, 7) is 6.07. The van der Waals surface area contributed by atoms with Crippen molar-refractivity contribution in [3.8, 4) is 0 Å². The molecule has 1 aliphatic heterocycles. The van der Waals surface area contributed by atoms with E-state index in [-0.39, 0.29) is 24.3 Å². The van der Waals surface area contributed by atoms with Crippen molar-refractivity contribution in [2.45, 2.75) is 13.8 Å². The fourth-order valence-electron chi connectivity index (χ4n) is 1.86. The van der Waals surface area contributed by atoms with Crippen LogP contribution in [0, 0.1) is 11.8 Å². The number of amides is 2. The van der Waals surface area contributed by atoms with Gasteiger partial charge >= 0.3 is 0 Å². The van der Waals surface area contributed by atoms with E-state index >= 15 is 0 Å². The summed E-state index contributed by atoms with van der Waals surface area (Å²) in [6, 6.07) is 0. The van der Waals surface area contributed by atoms with E-state index in [1.807, 2.05) is 13.8 Å². The van der Waals surface area contributed by atoms with Crippen molar-refractivity contribution in [2.75, 3.05) is 32.8 Å².